The summed E-state index contributed by atoms with van der Waals surface area (Å²) in [5.41, 5.74) is 7.49. The minimum atomic E-state index is -0.946. The first-order valence-corrected chi connectivity index (χ1v) is 15.5. The molecule has 0 fully saturated rings. The lowest BCUT2D eigenvalue weighted by Gasteiger charge is -2.34. The molecule has 0 aliphatic rings. The van der Waals surface area contributed by atoms with Crippen molar-refractivity contribution in [3.63, 3.8) is 0 Å². The third-order valence-corrected chi connectivity index (χ3v) is 8.53. The van der Waals surface area contributed by atoms with Gasteiger partial charge in [0, 0.05) is 49.5 Å². The van der Waals surface area contributed by atoms with Crippen LogP contribution < -0.4 is 16.4 Å². The molecular formula is C32H45N5O5S. The number of carbonyl (C=O) groups is 4. The number of nitrogens with one attached hydrogen (secondary N) is 2. The lowest BCUT2D eigenvalue weighted by Crippen LogP contribution is -2.43. The number of nitrogens with zero attached hydrogens (tertiary/aromatic N) is 2. The maximum absolute atomic E-state index is 13.3. The van der Waals surface area contributed by atoms with Crippen molar-refractivity contribution in [1.29, 1.82) is 0 Å². The molecule has 0 radical (unpaired) electrons. The van der Waals surface area contributed by atoms with Crippen LogP contribution in [0.5, 0.6) is 0 Å². The summed E-state index contributed by atoms with van der Waals surface area (Å²) in [5, 5.41) is 17.5. The van der Waals surface area contributed by atoms with Gasteiger partial charge < -0.3 is 26.4 Å². The van der Waals surface area contributed by atoms with Crippen molar-refractivity contribution >= 4 is 40.7 Å². The van der Waals surface area contributed by atoms with E-state index in [4.69, 9.17) is 12.2 Å². The summed E-state index contributed by atoms with van der Waals surface area (Å²) in [7, 11) is 1.75. The van der Waals surface area contributed by atoms with Crippen molar-refractivity contribution in [2.24, 2.45) is 17.8 Å². The number of amides is 3. The van der Waals surface area contributed by atoms with Gasteiger partial charge in [0.05, 0.1) is 12.0 Å². The Hall–Kier alpha value is -3.91. The average Bonchev–Trinajstić information content (AvgIpc) is 3.44. The number of nitrogens with two attached hydrogens (primary N) is 1. The number of rotatable bonds is 16. The predicted molar refractivity (Wildman–Crippen MR) is 169 cm³/mol. The van der Waals surface area contributed by atoms with Gasteiger partial charge in [-0.05, 0) is 49.3 Å². The summed E-state index contributed by atoms with van der Waals surface area (Å²) in [6.45, 7) is 8.99. The molecule has 0 saturated carbocycles. The zero-order valence-electron chi connectivity index (χ0n) is 25.9. The Balaban J connectivity index is 2.26. The molecule has 0 spiro atoms. The number of carbonyl (C=O) groups excluding carboxylic acids is 3. The number of benzene rings is 1. The van der Waals surface area contributed by atoms with Crippen LogP contribution in [-0.4, -0.2) is 57.8 Å². The van der Waals surface area contributed by atoms with Crippen LogP contribution in [0.3, 0.4) is 0 Å². The van der Waals surface area contributed by atoms with E-state index in [0.29, 0.717) is 30.0 Å². The Labute approximate surface area is 258 Å². The summed E-state index contributed by atoms with van der Waals surface area (Å²) in [4.78, 5) is 56.4. The number of terminal acetylenes is 1. The average molecular weight is 612 g/mol. The molecule has 0 saturated heterocycles. The molecule has 1 heterocycles. The molecule has 234 valence electrons. The molecule has 5 N–H and O–H groups in total. The molecule has 0 unspecified atom stereocenters. The lowest BCUT2D eigenvalue weighted by atomic mass is 9.94. The van der Waals surface area contributed by atoms with E-state index in [1.165, 1.54) is 18.3 Å². The second-order valence-electron chi connectivity index (χ2n) is 11.4. The molecule has 2 rings (SSSR count). The summed E-state index contributed by atoms with van der Waals surface area (Å²) >= 11 is 1.25. The maximum atomic E-state index is 13.3. The molecule has 3 amide bonds. The molecule has 43 heavy (non-hydrogen) atoms. The van der Waals surface area contributed by atoms with Gasteiger partial charge in [-0.25, -0.2) is 4.98 Å². The fraction of sp³-hybridized carbons (Fsp3) is 0.531. The molecule has 1 aromatic heterocycles. The molecule has 0 aliphatic heterocycles. The van der Waals surface area contributed by atoms with E-state index in [2.05, 4.69) is 21.5 Å². The van der Waals surface area contributed by atoms with Crippen LogP contribution in [0, 0.1) is 30.1 Å². The topological polar surface area (TPSA) is 155 Å². The van der Waals surface area contributed by atoms with E-state index >= 15 is 0 Å². The van der Waals surface area contributed by atoms with E-state index in [9.17, 15) is 24.3 Å². The van der Waals surface area contributed by atoms with Crippen molar-refractivity contribution in [3.05, 3.63) is 45.9 Å². The highest BCUT2D eigenvalue weighted by molar-refractivity contribution is 7.09. The fourth-order valence-electron chi connectivity index (χ4n) is 4.92. The Morgan fingerprint density at radius 2 is 1.77 bits per heavy atom. The van der Waals surface area contributed by atoms with Gasteiger partial charge in [-0.2, -0.15) is 0 Å². The number of aliphatic carboxylic acids is 1. The number of nitrogen functional groups attached to an aromatic ring is 1. The number of hydrogen-bond acceptors (Lipinski definition) is 7. The number of anilines is 1. The highest BCUT2D eigenvalue weighted by atomic mass is 32.1. The Kier molecular flexibility index (Phi) is 13.7. The lowest BCUT2D eigenvalue weighted by molar-refractivity contribution is -0.141. The van der Waals surface area contributed by atoms with Crippen LogP contribution in [-0.2, 0) is 20.8 Å². The van der Waals surface area contributed by atoms with Gasteiger partial charge in [-0.3, -0.25) is 19.2 Å². The van der Waals surface area contributed by atoms with Crippen molar-refractivity contribution in [2.75, 3.05) is 12.8 Å². The van der Waals surface area contributed by atoms with Crippen molar-refractivity contribution in [1.82, 2.24) is 20.5 Å². The summed E-state index contributed by atoms with van der Waals surface area (Å²) in [6, 6.07) is 6.01. The minimum Gasteiger partial charge on any atom is -0.481 e. The molecule has 10 nitrogen and oxygen atoms in total. The van der Waals surface area contributed by atoms with E-state index in [1.54, 1.807) is 36.4 Å². The third kappa shape index (κ3) is 11.0. The van der Waals surface area contributed by atoms with Gasteiger partial charge in [0.1, 0.15) is 10.7 Å². The minimum absolute atomic E-state index is 0.0629. The van der Waals surface area contributed by atoms with Gasteiger partial charge in [0.2, 0.25) is 11.8 Å². The van der Waals surface area contributed by atoms with Gasteiger partial charge in [-0.15, -0.1) is 23.7 Å². The molecule has 1 aromatic carbocycles. The summed E-state index contributed by atoms with van der Waals surface area (Å²) in [6.07, 6.45) is 7.58. The summed E-state index contributed by atoms with van der Waals surface area (Å²) in [5.74, 6) is 0.230. The van der Waals surface area contributed by atoms with E-state index in [-0.39, 0.29) is 48.2 Å². The zero-order chi connectivity index (χ0) is 32.3. The number of carboxylic acids is 1. The first-order valence-electron chi connectivity index (χ1n) is 14.6. The van der Waals surface area contributed by atoms with Crippen LogP contribution in [0.2, 0.25) is 0 Å². The van der Waals surface area contributed by atoms with E-state index in [1.807, 2.05) is 32.9 Å². The van der Waals surface area contributed by atoms with Crippen LogP contribution >= 0.6 is 11.3 Å². The molecular weight excluding hydrogens is 566 g/mol. The van der Waals surface area contributed by atoms with E-state index < -0.39 is 29.9 Å². The van der Waals surface area contributed by atoms with E-state index in [0.717, 1.165) is 5.56 Å². The third-order valence-electron chi connectivity index (χ3n) is 7.57. The second-order valence-corrected chi connectivity index (χ2v) is 12.3. The monoisotopic (exact) mass is 611 g/mol. The number of thiazole rings is 1. The Morgan fingerprint density at radius 1 is 1.12 bits per heavy atom. The highest BCUT2D eigenvalue weighted by Crippen LogP contribution is 2.28. The zero-order valence-corrected chi connectivity index (χ0v) is 26.7. The van der Waals surface area contributed by atoms with Crippen LogP contribution in [0.15, 0.2) is 29.6 Å². The molecule has 2 aromatic rings. The SMILES string of the molecule is C#C[C@@H](CC)CC(=O)N(C)[C@H](C[C@@H](NC(C)=O)c1nc(C(=O)N[C@@H](Cc2ccc(N)cc2)C[C@H](C)C(=O)O)cs1)C(C)C. The first kappa shape index (κ1) is 35.3. The Morgan fingerprint density at radius 3 is 2.30 bits per heavy atom. The van der Waals surface area contributed by atoms with Gasteiger partial charge in [0.25, 0.3) is 5.91 Å². The largest absolute Gasteiger partial charge is 0.481 e. The first-order chi connectivity index (χ1) is 20.2. The van der Waals surface area contributed by atoms with Gasteiger partial charge in [0.15, 0.2) is 0 Å². The highest BCUT2D eigenvalue weighted by Gasteiger charge is 2.30. The van der Waals surface area contributed by atoms with Crippen LogP contribution in [0.4, 0.5) is 5.69 Å². The van der Waals surface area contributed by atoms with Crippen molar-refractivity contribution in [3.8, 4) is 12.3 Å². The number of hydrogen-bond donors (Lipinski definition) is 4. The number of carboxylic acid groups (broad SMARTS) is 1. The molecule has 0 aliphatic carbocycles. The molecule has 11 heteroatoms. The van der Waals surface area contributed by atoms with Gasteiger partial charge >= 0.3 is 5.97 Å². The quantitative estimate of drug-likeness (QED) is 0.163. The second kappa shape index (κ2) is 16.7. The maximum Gasteiger partial charge on any atom is 0.306 e. The summed E-state index contributed by atoms with van der Waals surface area (Å²) < 4.78 is 0. The standard InChI is InChI=1S/C32H45N5O5S/c1-8-22(9-2)16-29(39)37(7)28(19(3)4)17-26(34-21(6)38)31-36-27(18-43-31)30(40)35-25(14-20(5)32(41)42)15-23-10-12-24(33)13-11-23/h1,10-13,18-20,22,25-26,28H,9,14-17,33H2,2-7H3,(H,34,38)(H,35,40)(H,41,42)/t20-,22-,25+,26+,28+/m0/s1. The number of aromatic nitrogens is 1. The molecule has 0 bridgehead atoms. The normalized spacial score (nSPS) is 14.6. The van der Waals surface area contributed by atoms with Crippen molar-refractivity contribution < 1.29 is 24.3 Å². The molecule has 5 atom stereocenters. The van der Waals surface area contributed by atoms with Gasteiger partial charge in [-0.1, -0.05) is 39.8 Å². The predicted octanol–water partition coefficient (Wildman–Crippen LogP) is 4.28. The van der Waals surface area contributed by atoms with Crippen LogP contribution in [0.1, 0.15) is 87.4 Å². The Bertz CT molecular complexity index is 1290. The fourth-order valence-corrected chi connectivity index (χ4v) is 5.78. The van der Waals surface area contributed by atoms with Crippen LogP contribution in [0.25, 0.3) is 0 Å². The van der Waals surface area contributed by atoms with Crippen molar-refractivity contribution in [2.45, 2.75) is 84.8 Å². The smallest absolute Gasteiger partial charge is 0.306 e.